The van der Waals surface area contributed by atoms with Crippen molar-refractivity contribution in [3.05, 3.63) is 29.8 Å². The van der Waals surface area contributed by atoms with E-state index in [1.807, 2.05) is 12.1 Å². The highest BCUT2D eigenvalue weighted by Gasteiger charge is 2.23. The largest absolute Gasteiger partial charge is 0.435 e. The Morgan fingerprint density at radius 3 is 2.35 bits per heavy atom. The van der Waals surface area contributed by atoms with Crippen molar-refractivity contribution in [2.45, 2.75) is 39.3 Å². The van der Waals surface area contributed by atoms with E-state index in [4.69, 9.17) is 0 Å². The molecule has 0 amide bonds. The van der Waals surface area contributed by atoms with Gasteiger partial charge in [-0.3, -0.25) is 4.90 Å². The zero-order chi connectivity index (χ0) is 15.9. The van der Waals surface area contributed by atoms with E-state index in [9.17, 15) is 8.78 Å². The molecule has 0 saturated carbocycles. The number of rotatable bonds is 7. The van der Waals surface area contributed by atoms with Crippen molar-refractivity contribution >= 4 is 12.4 Å². The average Bonchev–Trinajstić information content (AvgIpc) is 2.53. The second kappa shape index (κ2) is 10.1. The fourth-order valence-electron chi connectivity index (χ4n) is 3.03. The molecule has 1 aromatic rings. The van der Waals surface area contributed by atoms with Crippen molar-refractivity contribution < 1.29 is 13.5 Å². The molecule has 1 heterocycles. The third-order valence-corrected chi connectivity index (χ3v) is 4.47. The maximum Gasteiger partial charge on any atom is 0.387 e. The lowest BCUT2D eigenvalue weighted by Crippen LogP contribution is -2.38. The summed E-state index contributed by atoms with van der Waals surface area (Å²) in [6.07, 6.45) is 2.42. The predicted octanol–water partition coefficient (Wildman–Crippen LogP) is 4.09. The number of alkyl halides is 2. The highest BCUT2D eigenvalue weighted by atomic mass is 35.5. The first-order valence-electron chi connectivity index (χ1n) is 8.09. The number of nitrogens with zero attached hydrogens (tertiary/aromatic N) is 1. The average molecular weight is 349 g/mol. The first-order valence-corrected chi connectivity index (χ1v) is 8.09. The van der Waals surface area contributed by atoms with E-state index in [0.29, 0.717) is 6.04 Å². The normalized spacial score (nSPS) is 17.8. The first-order chi connectivity index (χ1) is 10.6. The van der Waals surface area contributed by atoms with Gasteiger partial charge in [-0.2, -0.15) is 8.78 Å². The van der Waals surface area contributed by atoms with Crippen LogP contribution in [-0.2, 0) is 0 Å². The van der Waals surface area contributed by atoms with E-state index in [1.54, 1.807) is 12.1 Å². The highest BCUT2D eigenvalue weighted by molar-refractivity contribution is 5.85. The fraction of sp³-hybridized carbons (Fsp3) is 0.647. The van der Waals surface area contributed by atoms with Crippen LogP contribution in [0.3, 0.4) is 0 Å². The second-order valence-electron chi connectivity index (χ2n) is 5.91. The molecule has 0 radical (unpaired) electrons. The van der Waals surface area contributed by atoms with Crippen LogP contribution < -0.4 is 10.1 Å². The van der Waals surface area contributed by atoms with Crippen LogP contribution in [0.5, 0.6) is 5.75 Å². The lowest BCUT2D eigenvalue weighted by Gasteiger charge is -2.36. The molecule has 1 unspecified atom stereocenters. The van der Waals surface area contributed by atoms with Crippen LogP contribution in [0.15, 0.2) is 24.3 Å². The molecular weight excluding hydrogens is 322 g/mol. The van der Waals surface area contributed by atoms with E-state index in [-0.39, 0.29) is 18.2 Å². The number of likely N-dealkylation sites (tertiary alicyclic amines) is 1. The summed E-state index contributed by atoms with van der Waals surface area (Å²) in [4.78, 5) is 2.46. The monoisotopic (exact) mass is 348 g/mol. The number of hydrogen-bond donors (Lipinski definition) is 1. The number of nitrogens with one attached hydrogen (secondary N) is 1. The number of piperidine rings is 1. The number of benzene rings is 1. The van der Waals surface area contributed by atoms with Gasteiger partial charge in [-0.05, 0) is 69.6 Å². The number of hydrogen-bond acceptors (Lipinski definition) is 3. The maximum atomic E-state index is 12.2. The summed E-state index contributed by atoms with van der Waals surface area (Å²) >= 11 is 0. The van der Waals surface area contributed by atoms with Crippen LogP contribution in [0.1, 0.15) is 38.3 Å². The van der Waals surface area contributed by atoms with Crippen LogP contribution in [0, 0.1) is 5.92 Å². The quantitative estimate of drug-likeness (QED) is 0.803. The molecule has 3 nitrogen and oxygen atoms in total. The first kappa shape index (κ1) is 20.1. The second-order valence-corrected chi connectivity index (χ2v) is 5.91. The van der Waals surface area contributed by atoms with Gasteiger partial charge in [0.1, 0.15) is 5.75 Å². The summed E-state index contributed by atoms with van der Waals surface area (Å²) in [6.45, 7) is 5.87. The molecule has 1 atom stereocenters. The molecule has 1 aliphatic rings. The molecule has 6 heteroatoms. The Bertz CT molecular complexity index is 437. The Morgan fingerprint density at radius 2 is 1.83 bits per heavy atom. The van der Waals surface area contributed by atoms with Crippen LogP contribution in [0.25, 0.3) is 0 Å². The minimum atomic E-state index is -2.76. The van der Waals surface area contributed by atoms with Gasteiger partial charge < -0.3 is 10.1 Å². The van der Waals surface area contributed by atoms with E-state index in [0.717, 1.165) is 37.7 Å². The van der Waals surface area contributed by atoms with Crippen LogP contribution >= 0.6 is 12.4 Å². The van der Waals surface area contributed by atoms with Crippen molar-refractivity contribution in [1.29, 1.82) is 0 Å². The lowest BCUT2D eigenvalue weighted by atomic mass is 9.94. The van der Waals surface area contributed by atoms with Crippen LogP contribution in [0.4, 0.5) is 8.78 Å². The molecule has 2 rings (SSSR count). The summed E-state index contributed by atoms with van der Waals surface area (Å²) < 4.78 is 28.7. The van der Waals surface area contributed by atoms with E-state index < -0.39 is 6.61 Å². The molecule has 0 bridgehead atoms. The van der Waals surface area contributed by atoms with Gasteiger partial charge in [0.15, 0.2) is 0 Å². The van der Waals surface area contributed by atoms with Crippen molar-refractivity contribution in [2.75, 3.05) is 26.2 Å². The summed E-state index contributed by atoms with van der Waals surface area (Å²) in [7, 11) is 0. The lowest BCUT2D eigenvalue weighted by molar-refractivity contribution is -0.0498. The van der Waals surface area contributed by atoms with Crippen molar-refractivity contribution in [1.82, 2.24) is 10.2 Å². The Hall–Kier alpha value is -0.910. The molecule has 1 N–H and O–H groups in total. The zero-order valence-corrected chi connectivity index (χ0v) is 14.6. The number of ether oxygens (including phenoxy) is 1. The molecule has 1 saturated heterocycles. The summed E-state index contributed by atoms with van der Waals surface area (Å²) in [5, 5.41) is 3.42. The van der Waals surface area contributed by atoms with Crippen LogP contribution in [0.2, 0.25) is 0 Å². The zero-order valence-electron chi connectivity index (χ0n) is 13.8. The Balaban J connectivity index is 0.00000264. The van der Waals surface area contributed by atoms with Crippen LogP contribution in [-0.4, -0.2) is 37.7 Å². The van der Waals surface area contributed by atoms with E-state index >= 15 is 0 Å². The van der Waals surface area contributed by atoms with Gasteiger partial charge in [-0.1, -0.05) is 19.1 Å². The minimum Gasteiger partial charge on any atom is -0.435 e. The third kappa shape index (κ3) is 6.24. The summed E-state index contributed by atoms with van der Waals surface area (Å²) in [5.41, 5.74) is 1.15. The summed E-state index contributed by atoms with van der Waals surface area (Å²) in [6, 6.07) is 7.31. The Kier molecular flexibility index (Phi) is 8.81. The van der Waals surface area contributed by atoms with Crippen molar-refractivity contribution in [3.8, 4) is 5.75 Å². The minimum absolute atomic E-state index is 0. The molecule has 0 spiro atoms. The standard InChI is InChI=1S/C17H26F2N2O.ClH/c1-3-20-12-14-8-10-21(11-9-14)13(2)15-4-6-16(7-5-15)22-17(18)19;/h4-7,13-14,17,20H,3,8-12H2,1-2H3;1H. The molecule has 23 heavy (non-hydrogen) atoms. The van der Waals surface area contributed by atoms with Gasteiger partial charge in [0.05, 0.1) is 0 Å². The van der Waals surface area contributed by atoms with Gasteiger partial charge in [-0.25, -0.2) is 0 Å². The van der Waals surface area contributed by atoms with Crippen molar-refractivity contribution in [3.63, 3.8) is 0 Å². The molecule has 1 aliphatic heterocycles. The van der Waals surface area contributed by atoms with Crippen molar-refractivity contribution in [2.24, 2.45) is 5.92 Å². The Labute approximate surface area is 143 Å². The predicted molar refractivity (Wildman–Crippen MR) is 91.6 cm³/mol. The smallest absolute Gasteiger partial charge is 0.387 e. The number of halogens is 3. The van der Waals surface area contributed by atoms with Gasteiger partial charge in [0.25, 0.3) is 0 Å². The van der Waals surface area contributed by atoms with E-state index in [2.05, 4.69) is 28.8 Å². The van der Waals surface area contributed by atoms with E-state index in [1.165, 1.54) is 12.8 Å². The highest BCUT2D eigenvalue weighted by Crippen LogP contribution is 2.27. The van der Waals surface area contributed by atoms with Gasteiger partial charge in [0.2, 0.25) is 0 Å². The molecule has 0 aromatic heterocycles. The molecular formula is C17H27ClF2N2O. The van der Waals surface area contributed by atoms with Gasteiger partial charge in [-0.15, -0.1) is 12.4 Å². The molecule has 132 valence electrons. The topological polar surface area (TPSA) is 24.5 Å². The van der Waals surface area contributed by atoms with Gasteiger partial charge >= 0.3 is 6.61 Å². The molecule has 1 aromatic carbocycles. The molecule has 0 aliphatic carbocycles. The molecule has 1 fully saturated rings. The third-order valence-electron chi connectivity index (χ3n) is 4.47. The summed E-state index contributed by atoms with van der Waals surface area (Å²) in [5.74, 6) is 0.987. The fourth-order valence-corrected chi connectivity index (χ4v) is 3.03. The van der Waals surface area contributed by atoms with Gasteiger partial charge in [0, 0.05) is 6.04 Å². The maximum absolute atomic E-state index is 12.2. The SMILES string of the molecule is CCNCC1CCN(C(C)c2ccc(OC(F)F)cc2)CC1.Cl. The Morgan fingerprint density at radius 1 is 1.22 bits per heavy atom.